The number of nitrogens with zero attached hydrogens (tertiary/aromatic N) is 2. The molecule has 2 aliphatic heterocycles. The summed E-state index contributed by atoms with van der Waals surface area (Å²) in [7, 11) is 0. The molecule has 0 amide bonds. The fourth-order valence-corrected chi connectivity index (χ4v) is 3.99. The quantitative estimate of drug-likeness (QED) is 0.623. The summed E-state index contributed by atoms with van der Waals surface area (Å²) in [6, 6.07) is 0. The monoisotopic (exact) mass is 413 g/mol. The number of dihydropyridines is 1. The molecule has 5 nitrogen and oxygen atoms in total. The minimum atomic E-state index is 0.653. The van der Waals surface area contributed by atoms with Crippen LogP contribution >= 0.6 is 11.6 Å². The van der Waals surface area contributed by atoms with Gasteiger partial charge in [0.15, 0.2) is 0 Å². The summed E-state index contributed by atoms with van der Waals surface area (Å²) < 4.78 is 0. The number of rotatable bonds is 6. The van der Waals surface area contributed by atoms with Crippen LogP contribution in [0.5, 0.6) is 0 Å². The molecule has 0 bridgehead atoms. The summed E-state index contributed by atoms with van der Waals surface area (Å²) in [5.41, 5.74) is 6.89. The average molecular weight is 414 g/mol. The number of aliphatic imine (C=N–C) groups is 1. The van der Waals surface area contributed by atoms with E-state index in [0.717, 1.165) is 66.7 Å². The summed E-state index contributed by atoms with van der Waals surface area (Å²) in [5.74, 6) is 0. The van der Waals surface area contributed by atoms with Gasteiger partial charge in [-0.05, 0) is 49.1 Å². The smallest absolute Gasteiger partial charge is 0.0740 e. The fraction of sp³-hybridized carbons (Fsp3) is 0.435. The zero-order valence-electron chi connectivity index (χ0n) is 17.7. The van der Waals surface area contributed by atoms with Gasteiger partial charge in [-0.15, -0.1) is 0 Å². The molecule has 0 spiro atoms. The highest BCUT2D eigenvalue weighted by Crippen LogP contribution is 2.26. The Hall–Kier alpha value is -2.24. The van der Waals surface area contributed by atoms with Crippen LogP contribution in [0.25, 0.3) is 0 Å². The zero-order chi connectivity index (χ0) is 20.6. The maximum absolute atomic E-state index is 6.62. The highest BCUT2D eigenvalue weighted by atomic mass is 35.5. The van der Waals surface area contributed by atoms with Crippen LogP contribution in [0.1, 0.15) is 27.2 Å². The standard InChI is InChI=1S/C23H32ClN5/c1-4-6-18-12-20(24)19(13-21(18)27-7-5-2)15-28-22-16-26-14-17(3)23(22)29-10-8-25-9-11-29/h5-7,12-13,16,25-26,28H,4,8-11,14-15H2,1-3H3/b7-5-,18-6+,27-21+. The second-order valence-corrected chi connectivity index (χ2v) is 7.79. The van der Waals surface area contributed by atoms with Crippen LogP contribution in [0.15, 0.2) is 74.8 Å². The van der Waals surface area contributed by atoms with Gasteiger partial charge in [0, 0.05) is 56.7 Å². The SMILES string of the molecule is C\C=C/N=C1\C=C(CNC2=CNCC(C)=C2N2CCNCC2)C(Cl)=C\C1=C/CC. The van der Waals surface area contributed by atoms with Crippen LogP contribution < -0.4 is 16.0 Å². The first kappa shape index (κ1) is 21.5. The van der Waals surface area contributed by atoms with Crippen molar-refractivity contribution in [2.45, 2.75) is 27.2 Å². The van der Waals surface area contributed by atoms with Crippen molar-refractivity contribution in [3.63, 3.8) is 0 Å². The van der Waals surface area contributed by atoms with Crippen molar-refractivity contribution in [3.05, 3.63) is 69.8 Å². The van der Waals surface area contributed by atoms with Crippen LogP contribution in [0.4, 0.5) is 0 Å². The predicted molar refractivity (Wildman–Crippen MR) is 124 cm³/mol. The van der Waals surface area contributed by atoms with Gasteiger partial charge in [0.1, 0.15) is 0 Å². The molecular weight excluding hydrogens is 382 g/mol. The molecule has 0 aromatic rings. The largest absolute Gasteiger partial charge is 0.385 e. The predicted octanol–water partition coefficient (Wildman–Crippen LogP) is 3.57. The maximum Gasteiger partial charge on any atom is 0.0740 e. The Bertz CT molecular complexity index is 820. The Balaban J connectivity index is 1.77. The summed E-state index contributed by atoms with van der Waals surface area (Å²) >= 11 is 6.62. The molecule has 156 valence electrons. The van der Waals surface area contributed by atoms with Crippen LogP contribution in [0, 0.1) is 0 Å². The van der Waals surface area contributed by atoms with Crippen molar-refractivity contribution in [1.29, 1.82) is 0 Å². The number of allylic oxidation sites excluding steroid dienone is 5. The lowest BCUT2D eigenvalue weighted by Crippen LogP contribution is -2.45. The van der Waals surface area contributed by atoms with E-state index >= 15 is 0 Å². The van der Waals surface area contributed by atoms with Gasteiger partial charge in [0.2, 0.25) is 0 Å². The van der Waals surface area contributed by atoms with Gasteiger partial charge in [0.25, 0.3) is 0 Å². The number of hydrogen-bond acceptors (Lipinski definition) is 5. The molecule has 0 aromatic heterocycles. The lowest BCUT2D eigenvalue weighted by molar-refractivity contribution is 0.296. The first-order valence-corrected chi connectivity index (χ1v) is 10.8. The van der Waals surface area contributed by atoms with Gasteiger partial charge in [-0.2, -0.15) is 0 Å². The van der Waals surface area contributed by atoms with Gasteiger partial charge in [-0.25, -0.2) is 0 Å². The first-order chi connectivity index (χ1) is 14.1. The Morgan fingerprint density at radius 3 is 2.79 bits per heavy atom. The third-order valence-electron chi connectivity index (χ3n) is 5.16. The second kappa shape index (κ2) is 10.5. The third-order valence-corrected chi connectivity index (χ3v) is 5.51. The molecule has 3 rings (SSSR count). The first-order valence-electron chi connectivity index (χ1n) is 10.4. The lowest BCUT2D eigenvalue weighted by Gasteiger charge is -2.36. The van der Waals surface area contributed by atoms with E-state index in [1.165, 1.54) is 11.3 Å². The molecule has 0 atom stereocenters. The third kappa shape index (κ3) is 5.43. The normalized spacial score (nSPS) is 23.3. The molecule has 6 heteroatoms. The Morgan fingerprint density at radius 1 is 1.28 bits per heavy atom. The van der Waals surface area contributed by atoms with E-state index in [1.807, 2.05) is 25.3 Å². The van der Waals surface area contributed by atoms with E-state index in [1.54, 1.807) is 0 Å². The number of nitrogens with one attached hydrogen (secondary N) is 3. The van der Waals surface area contributed by atoms with Gasteiger partial charge in [-0.3, -0.25) is 4.99 Å². The fourth-order valence-electron chi connectivity index (χ4n) is 3.75. The summed E-state index contributed by atoms with van der Waals surface area (Å²) in [5, 5.41) is 11.2. The number of piperazine rings is 1. The lowest BCUT2D eigenvalue weighted by atomic mass is 9.98. The highest BCUT2D eigenvalue weighted by Gasteiger charge is 2.22. The molecule has 0 aromatic carbocycles. The van der Waals surface area contributed by atoms with E-state index in [9.17, 15) is 0 Å². The highest BCUT2D eigenvalue weighted by molar-refractivity contribution is 6.34. The van der Waals surface area contributed by atoms with E-state index in [0.29, 0.717) is 6.54 Å². The molecule has 0 unspecified atom stereocenters. The molecule has 0 radical (unpaired) electrons. The number of halogens is 1. The molecule has 29 heavy (non-hydrogen) atoms. The Labute approximate surface area is 179 Å². The topological polar surface area (TPSA) is 51.7 Å². The Morgan fingerprint density at radius 2 is 2.07 bits per heavy atom. The molecule has 1 saturated heterocycles. The summed E-state index contributed by atoms with van der Waals surface area (Å²) in [4.78, 5) is 7.06. The molecular formula is C23H32ClN5. The minimum absolute atomic E-state index is 0.653. The van der Waals surface area contributed by atoms with Crippen LogP contribution in [-0.4, -0.2) is 49.9 Å². The van der Waals surface area contributed by atoms with E-state index in [2.05, 4.69) is 58.0 Å². The van der Waals surface area contributed by atoms with Crippen molar-refractivity contribution in [3.8, 4) is 0 Å². The van der Waals surface area contributed by atoms with Gasteiger partial charge in [-0.1, -0.05) is 30.7 Å². The van der Waals surface area contributed by atoms with Crippen molar-refractivity contribution in [1.82, 2.24) is 20.9 Å². The summed E-state index contributed by atoms with van der Waals surface area (Å²) in [6.45, 7) is 11.9. The van der Waals surface area contributed by atoms with Crippen molar-refractivity contribution in [2.75, 3.05) is 39.3 Å². The minimum Gasteiger partial charge on any atom is -0.385 e. The van der Waals surface area contributed by atoms with E-state index in [4.69, 9.17) is 11.6 Å². The van der Waals surface area contributed by atoms with Crippen LogP contribution in [-0.2, 0) is 0 Å². The summed E-state index contributed by atoms with van der Waals surface area (Å²) in [6.07, 6.45) is 13.1. The van der Waals surface area contributed by atoms with E-state index in [-0.39, 0.29) is 0 Å². The van der Waals surface area contributed by atoms with Crippen molar-refractivity contribution in [2.24, 2.45) is 4.99 Å². The number of hydrogen-bond donors (Lipinski definition) is 3. The molecule has 3 N–H and O–H groups in total. The molecule has 2 heterocycles. The van der Waals surface area contributed by atoms with Crippen LogP contribution in [0.3, 0.4) is 0 Å². The Kier molecular flexibility index (Phi) is 7.78. The molecule has 1 aliphatic carbocycles. The molecule has 1 fully saturated rings. The maximum atomic E-state index is 6.62. The molecule has 0 saturated carbocycles. The van der Waals surface area contributed by atoms with Gasteiger partial charge >= 0.3 is 0 Å². The zero-order valence-corrected chi connectivity index (χ0v) is 18.4. The van der Waals surface area contributed by atoms with Gasteiger partial charge < -0.3 is 20.9 Å². The van der Waals surface area contributed by atoms with E-state index < -0.39 is 0 Å². The average Bonchev–Trinajstić information content (AvgIpc) is 2.73. The molecule has 3 aliphatic rings. The van der Waals surface area contributed by atoms with Crippen molar-refractivity contribution >= 4 is 17.3 Å². The van der Waals surface area contributed by atoms with Gasteiger partial charge in [0.05, 0.1) is 17.1 Å². The second-order valence-electron chi connectivity index (χ2n) is 7.38. The van der Waals surface area contributed by atoms with Crippen LogP contribution in [0.2, 0.25) is 0 Å². The van der Waals surface area contributed by atoms with Crippen molar-refractivity contribution < 1.29 is 0 Å².